The van der Waals surface area contributed by atoms with Crippen LogP contribution in [-0.4, -0.2) is 41.9 Å². The van der Waals surface area contributed by atoms with E-state index in [1.165, 1.54) is 6.92 Å². The van der Waals surface area contributed by atoms with Gasteiger partial charge in [0.1, 0.15) is 11.6 Å². The molecule has 0 aliphatic rings. The fourth-order valence-electron chi connectivity index (χ4n) is 2.84. The Morgan fingerprint density at radius 2 is 1.61 bits per heavy atom. The average molecular weight is 419 g/mol. The molecular weight excluding hydrogens is 394 g/mol. The standard InChI is InChI=1S/C23H25N5O3/c1-15-14-21(27-19-8-10-20(31-3)11-9-19)28-23(26-15)25-13-12-24-22(30)18-6-4-17(5-7-18)16(2)29/h4-11,14H,12-13H2,1-3H3,(H,24,30)(H2,25,26,27,28). The first-order valence-electron chi connectivity index (χ1n) is 9.84. The van der Waals surface area contributed by atoms with Crippen molar-refractivity contribution in [3.05, 3.63) is 71.4 Å². The second-order valence-corrected chi connectivity index (χ2v) is 6.89. The van der Waals surface area contributed by atoms with E-state index >= 15 is 0 Å². The van der Waals surface area contributed by atoms with Gasteiger partial charge in [-0.15, -0.1) is 0 Å². The number of carbonyl (C=O) groups excluding carboxylic acids is 2. The van der Waals surface area contributed by atoms with E-state index in [0.29, 0.717) is 36.0 Å². The summed E-state index contributed by atoms with van der Waals surface area (Å²) in [6.07, 6.45) is 0. The van der Waals surface area contributed by atoms with E-state index in [1.54, 1.807) is 31.4 Å². The summed E-state index contributed by atoms with van der Waals surface area (Å²) in [6.45, 7) is 4.24. The van der Waals surface area contributed by atoms with Gasteiger partial charge in [0.2, 0.25) is 5.95 Å². The lowest BCUT2D eigenvalue weighted by atomic mass is 10.1. The number of ether oxygens (including phenoxy) is 1. The van der Waals surface area contributed by atoms with Gasteiger partial charge in [-0.2, -0.15) is 4.98 Å². The van der Waals surface area contributed by atoms with Crippen LogP contribution in [0.15, 0.2) is 54.6 Å². The smallest absolute Gasteiger partial charge is 0.251 e. The average Bonchev–Trinajstić information content (AvgIpc) is 2.77. The van der Waals surface area contributed by atoms with Crippen LogP contribution in [0.4, 0.5) is 17.5 Å². The number of hydrogen-bond donors (Lipinski definition) is 3. The van der Waals surface area contributed by atoms with Crippen LogP contribution in [0.5, 0.6) is 5.75 Å². The molecule has 0 saturated carbocycles. The highest BCUT2D eigenvalue weighted by atomic mass is 16.5. The zero-order chi connectivity index (χ0) is 22.2. The Balaban J connectivity index is 1.51. The molecular formula is C23H25N5O3. The summed E-state index contributed by atoms with van der Waals surface area (Å²) in [7, 11) is 1.63. The lowest BCUT2D eigenvalue weighted by Crippen LogP contribution is -2.29. The minimum atomic E-state index is -0.205. The van der Waals surface area contributed by atoms with Crippen LogP contribution in [0, 0.1) is 6.92 Å². The zero-order valence-electron chi connectivity index (χ0n) is 17.7. The number of nitrogens with one attached hydrogen (secondary N) is 3. The molecule has 8 heteroatoms. The maximum atomic E-state index is 12.2. The van der Waals surface area contributed by atoms with Gasteiger partial charge >= 0.3 is 0 Å². The number of ketones is 1. The maximum Gasteiger partial charge on any atom is 0.251 e. The van der Waals surface area contributed by atoms with Crippen molar-refractivity contribution in [2.45, 2.75) is 13.8 Å². The molecule has 3 rings (SSSR count). The number of rotatable bonds is 9. The third-order valence-corrected chi connectivity index (χ3v) is 4.46. The van der Waals surface area contributed by atoms with E-state index in [1.807, 2.05) is 37.3 Å². The van der Waals surface area contributed by atoms with Gasteiger partial charge in [-0.3, -0.25) is 9.59 Å². The molecule has 0 unspecified atom stereocenters. The van der Waals surface area contributed by atoms with E-state index in [0.717, 1.165) is 17.1 Å². The van der Waals surface area contributed by atoms with E-state index in [2.05, 4.69) is 25.9 Å². The van der Waals surface area contributed by atoms with Gasteiger partial charge < -0.3 is 20.7 Å². The number of anilines is 3. The summed E-state index contributed by atoms with van der Waals surface area (Å²) in [4.78, 5) is 32.4. The van der Waals surface area contributed by atoms with Crippen LogP contribution >= 0.6 is 0 Å². The normalized spacial score (nSPS) is 10.3. The Kier molecular flexibility index (Phi) is 7.16. The van der Waals surface area contributed by atoms with Crippen molar-refractivity contribution in [1.29, 1.82) is 0 Å². The number of aryl methyl sites for hydroxylation is 1. The summed E-state index contributed by atoms with van der Waals surface area (Å²) in [6, 6.07) is 16.0. The second-order valence-electron chi connectivity index (χ2n) is 6.89. The van der Waals surface area contributed by atoms with Gasteiger partial charge in [-0.25, -0.2) is 4.98 Å². The quantitative estimate of drug-likeness (QED) is 0.360. The summed E-state index contributed by atoms with van der Waals surface area (Å²) in [5.74, 6) is 1.67. The number of hydrogen-bond acceptors (Lipinski definition) is 7. The summed E-state index contributed by atoms with van der Waals surface area (Å²) < 4.78 is 5.17. The Bertz CT molecular complexity index is 1050. The molecule has 0 aliphatic heterocycles. The van der Waals surface area contributed by atoms with Crippen LogP contribution in [0.25, 0.3) is 0 Å². The minimum Gasteiger partial charge on any atom is -0.497 e. The lowest BCUT2D eigenvalue weighted by Gasteiger charge is -2.11. The predicted molar refractivity (Wildman–Crippen MR) is 120 cm³/mol. The van der Waals surface area contributed by atoms with Gasteiger partial charge in [-0.1, -0.05) is 12.1 Å². The van der Waals surface area contributed by atoms with Crippen molar-refractivity contribution >= 4 is 29.1 Å². The van der Waals surface area contributed by atoms with Gasteiger partial charge in [0, 0.05) is 41.7 Å². The van der Waals surface area contributed by atoms with Crippen LogP contribution in [0.1, 0.15) is 33.3 Å². The number of methoxy groups -OCH3 is 1. The second kappa shape index (κ2) is 10.2. The van der Waals surface area contributed by atoms with Crippen molar-refractivity contribution in [2.75, 3.05) is 30.8 Å². The maximum absolute atomic E-state index is 12.2. The van der Waals surface area contributed by atoms with Crippen LogP contribution in [0.3, 0.4) is 0 Å². The van der Waals surface area contributed by atoms with Gasteiger partial charge in [0.25, 0.3) is 5.91 Å². The van der Waals surface area contributed by atoms with Crippen LogP contribution in [-0.2, 0) is 0 Å². The fourth-order valence-corrected chi connectivity index (χ4v) is 2.84. The van der Waals surface area contributed by atoms with E-state index in [9.17, 15) is 9.59 Å². The van der Waals surface area contributed by atoms with E-state index in [4.69, 9.17) is 4.74 Å². The molecule has 160 valence electrons. The molecule has 0 bridgehead atoms. The number of nitrogens with zero attached hydrogens (tertiary/aromatic N) is 2. The molecule has 0 radical (unpaired) electrons. The van der Waals surface area contributed by atoms with Gasteiger partial charge in [0.05, 0.1) is 7.11 Å². The topological polar surface area (TPSA) is 105 Å². The number of carbonyl (C=O) groups is 2. The lowest BCUT2D eigenvalue weighted by molar-refractivity contribution is 0.0953. The highest BCUT2D eigenvalue weighted by molar-refractivity contribution is 5.97. The van der Waals surface area contributed by atoms with Crippen molar-refractivity contribution in [2.24, 2.45) is 0 Å². The number of Topliss-reactive ketones (excluding diaryl/α,β-unsaturated/α-hetero) is 1. The number of benzene rings is 2. The third kappa shape index (κ3) is 6.27. The summed E-state index contributed by atoms with van der Waals surface area (Å²) in [5.41, 5.74) is 2.77. The monoisotopic (exact) mass is 419 g/mol. The summed E-state index contributed by atoms with van der Waals surface area (Å²) >= 11 is 0. The van der Waals surface area contributed by atoms with Crippen molar-refractivity contribution in [3.63, 3.8) is 0 Å². The van der Waals surface area contributed by atoms with Crippen molar-refractivity contribution in [1.82, 2.24) is 15.3 Å². The Labute approximate surface area is 181 Å². The molecule has 31 heavy (non-hydrogen) atoms. The van der Waals surface area contributed by atoms with E-state index in [-0.39, 0.29) is 11.7 Å². The molecule has 3 N–H and O–H groups in total. The van der Waals surface area contributed by atoms with Gasteiger partial charge in [0.15, 0.2) is 5.78 Å². The number of amides is 1. The van der Waals surface area contributed by atoms with E-state index < -0.39 is 0 Å². The highest BCUT2D eigenvalue weighted by Crippen LogP contribution is 2.19. The molecule has 3 aromatic rings. The SMILES string of the molecule is COc1ccc(Nc2cc(C)nc(NCCNC(=O)c3ccc(C(C)=O)cc3)n2)cc1. The molecule has 0 aliphatic carbocycles. The minimum absolute atomic E-state index is 0.0323. The highest BCUT2D eigenvalue weighted by Gasteiger charge is 2.07. The first-order chi connectivity index (χ1) is 14.9. The van der Waals surface area contributed by atoms with Crippen LogP contribution in [0.2, 0.25) is 0 Å². The zero-order valence-corrected chi connectivity index (χ0v) is 17.7. The molecule has 1 aromatic heterocycles. The molecule has 2 aromatic carbocycles. The largest absolute Gasteiger partial charge is 0.497 e. The molecule has 0 atom stereocenters. The molecule has 1 heterocycles. The van der Waals surface area contributed by atoms with Crippen molar-refractivity contribution in [3.8, 4) is 5.75 Å². The Morgan fingerprint density at radius 3 is 2.26 bits per heavy atom. The predicted octanol–water partition coefficient (Wildman–Crippen LogP) is 3.58. The van der Waals surface area contributed by atoms with Crippen molar-refractivity contribution < 1.29 is 14.3 Å². The fraction of sp³-hybridized carbons (Fsp3) is 0.217. The summed E-state index contributed by atoms with van der Waals surface area (Å²) in [5, 5.41) is 9.19. The number of aromatic nitrogens is 2. The molecule has 1 amide bonds. The molecule has 0 fully saturated rings. The molecule has 0 saturated heterocycles. The van der Waals surface area contributed by atoms with Crippen LogP contribution < -0.4 is 20.7 Å². The Morgan fingerprint density at radius 1 is 0.935 bits per heavy atom. The first-order valence-corrected chi connectivity index (χ1v) is 9.84. The molecule has 0 spiro atoms. The third-order valence-electron chi connectivity index (χ3n) is 4.46. The van der Waals surface area contributed by atoms with Gasteiger partial charge in [-0.05, 0) is 50.2 Å². The molecule has 8 nitrogen and oxygen atoms in total. The first kappa shape index (κ1) is 21.8. The Hall–Kier alpha value is -3.94.